The lowest BCUT2D eigenvalue weighted by molar-refractivity contribution is 0.410. The van der Waals surface area contributed by atoms with Gasteiger partial charge in [0, 0.05) is 28.8 Å². The van der Waals surface area contributed by atoms with Gasteiger partial charge in [0.05, 0.1) is 0 Å². The number of hydrogen-bond acceptors (Lipinski definition) is 0. The lowest BCUT2D eigenvalue weighted by atomic mass is 9.70. The fraction of sp³-hybridized carbons (Fsp3) is 0.643. The summed E-state index contributed by atoms with van der Waals surface area (Å²) in [5, 5.41) is 0. The Morgan fingerprint density at radius 1 is 0.531 bits per heavy atom. The first-order valence-electron chi connectivity index (χ1n) is 12.7. The van der Waals surface area contributed by atoms with E-state index in [-0.39, 0.29) is 10.8 Å². The Morgan fingerprint density at radius 2 is 0.844 bits per heavy atom. The van der Waals surface area contributed by atoms with Gasteiger partial charge in [0.15, 0.2) is 0 Å². The van der Waals surface area contributed by atoms with Crippen LogP contribution in [0.1, 0.15) is 127 Å². The maximum atomic E-state index is 4.10. The Hall–Kier alpha value is 0.620. The molecule has 2 aliphatic rings. The highest BCUT2D eigenvalue weighted by molar-refractivity contribution is 9.17. The SMILES string of the molecule is CCCCC1(CCCC)C(Br)=C(Br)c2cc3c(cc21)C(CCCC)(CCCC)C(Br)=C3Br. The minimum Gasteiger partial charge on any atom is -0.0654 e. The summed E-state index contributed by atoms with van der Waals surface area (Å²) in [6.07, 6.45) is 14.9. The van der Waals surface area contributed by atoms with E-state index in [2.05, 4.69) is 104 Å². The second-order valence-corrected chi connectivity index (χ2v) is 12.9. The number of benzene rings is 1. The van der Waals surface area contributed by atoms with Crippen LogP contribution >= 0.6 is 63.7 Å². The van der Waals surface area contributed by atoms with E-state index in [0.29, 0.717) is 0 Å². The molecular weight excluding hydrogens is 656 g/mol. The van der Waals surface area contributed by atoms with Crippen molar-refractivity contribution >= 4 is 72.7 Å². The molecule has 0 saturated heterocycles. The zero-order chi connectivity index (χ0) is 23.5. The minimum absolute atomic E-state index is 0.109. The Bertz CT molecular complexity index is 808. The molecule has 0 radical (unpaired) electrons. The van der Waals surface area contributed by atoms with E-state index in [4.69, 9.17) is 0 Å². The van der Waals surface area contributed by atoms with Crippen molar-refractivity contribution in [2.45, 2.75) is 116 Å². The molecule has 0 atom stereocenters. The molecule has 32 heavy (non-hydrogen) atoms. The van der Waals surface area contributed by atoms with Gasteiger partial charge in [-0.15, -0.1) is 0 Å². The van der Waals surface area contributed by atoms with Crippen LogP contribution in [-0.4, -0.2) is 0 Å². The van der Waals surface area contributed by atoms with Crippen LogP contribution in [0.15, 0.2) is 21.1 Å². The van der Waals surface area contributed by atoms with Crippen molar-refractivity contribution in [1.82, 2.24) is 0 Å². The van der Waals surface area contributed by atoms with Crippen LogP contribution < -0.4 is 0 Å². The van der Waals surface area contributed by atoms with E-state index in [0.717, 1.165) is 0 Å². The summed E-state index contributed by atoms with van der Waals surface area (Å²) in [6.45, 7) is 9.27. The van der Waals surface area contributed by atoms with Crippen molar-refractivity contribution in [2.75, 3.05) is 0 Å². The quantitative estimate of drug-likeness (QED) is 0.204. The molecule has 1 aromatic carbocycles. The summed E-state index contributed by atoms with van der Waals surface area (Å²) < 4.78 is 5.27. The Kier molecular flexibility index (Phi) is 9.84. The predicted octanol–water partition coefficient (Wildman–Crippen LogP) is 11.9. The van der Waals surface area contributed by atoms with Gasteiger partial charge < -0.3 is 0 Å². The standard InChI is InChI=1S/C28H38Br4/c1-5-9-13-27(14-10-6-2)21-18-22-20(17-19(21)23(29)25(27)31)24(30)26(32)28(22,15-11-7-3)16-12-8-4/h17-18H,5-16H2,1-4H3. The summed E-state index contributed by atoms with van der Waals surface area (Å²) >= 11 is 16.2. The van der Waals surface area contributed by atoms with E-state index >= 15 is 0 Å². The van der Waals surface area contributed by atoms with Crippen molar-refractivity contribution in [3.63, 3.8) is 0 Å². The molecule has 3 rings (SSSR count). The van der Waals surface area contributed by atoms with Gasteiger partial charge in [0.25, 0.3) is 0 Å². The second kappa shape index (κ2) is 11.6. The van der Waals surface area contributed by atoms with Crippen molar-refractivity contribution in [1.29, 1.82) is 0 Å². The maximum Gasteiger partial charge on any atom is 0.0361 e. The van der Waals surface area contributed by atoms with Gasteiger partial charge in [0.1, 0.15) is 0 Å². The van der Waals surface area contributed by atoms with Crippen LogP contribution in [0.25, 0.3) is 8.96 Å². The van der Waals surface area contributed by atoms with Crippen molar-refractivity contribution in [2.24, 2.45) is 0 Å². The van der Waals surface area contributed by atoms with Gasteiger partial charge in [-0.3, -0.25) is 0 Å². The molecule has 178 valence electrons. The number of unbranched alkanes of at least 4 members (excludes halogenated alkanes) is 4. The van der Waals surface area contributed by atoms with E-state index in [1.54, 1.807) is 11.1 Å². The monoisotopic (exact) mass is 690 g/mol. The number of rotatable bonds is 12. The van der Waals surface area contributed by atoms with Crippen LogP contribution in [0.2, 0.25) is 0 Å². The summed E-state index contributed by atoms with van der Waals surface area (Å²) in [5.41, 5.74) is 6.10. The molecule has 0 amide bonds. The summed E-state index contributed by atoms with van der Waals surface area (Å²) in [4.78, 5) is 0. The maximum absolute atomic E-state index is 4.10. The fourth-order valence-corrected chi connectivity index (χ4v) is 8.85. The molecule has 0 spiro atoms. The molecule has 0 heterocycles. The second-order valence-electron chi connectivity index (χ2n) is 9.78. The normalized spacial score (nSPS) is 18.5. The molecule has 0 aromatic heterocycles. The van der Waals surface area contributed by atoms with Gasteiger partial charge >= 0.3 is 0 Å². The van der Waals surface area contributed by atoms with E-state index in [9.17, 15) is 0 Å². The zero-order valence-electron chi connectivity index (χ0n) is 20.2. The molecule has 1 aromatic rings. The van der Waals surface area contributed by atoms with Crippen molar-refractivity contribution in [3.8, 4) is 0 Å². The van der Waals surface area contributed by atoms with Crippen LogP contribution in [0.4, 0.5) is 0 Å². The third-order valence-electron chi connectivity index (χ3n) is 7.72. The first-order valence-corrected chi connectivity index (χ1v) is 15.8. The molecule has 0 saturated carbocycles. The van der Waals surface area contributed by atoms with Crippen LogP contribution in [0.3, 0.4) is 0 Å². The zero-order valence-corrected chi connectivity index (χ0v) is 26.5. The highest BCUT2D eigenvalue weighted by Crippen LogP contribution is 2.62. The van der Waals surface area contributed by atoms with Crippen LogP contribution in [0, 0.1) is 0 Å². The summed E-state index contributed by atoms with van der Waals surface area (Å²) in [5.74, 6) is 0. The van der Waals surface area contributed by atoms with Gasteiger partial charge in [-0.05, 0) is 85.9 Å². The average molecular weight is 694 g/mol. The van der Waals surface area contributed by atoms with Gasteiger partial charge in [-0.25, -0.2) is 0 Å². The van der Waals surface area contributed by atoms with Crippen LogP contribution in [-0.2, 0) is 10.8 Å². The lowest BCUT2D eigenvalue weighted by Crippen LogP contribution is -2.28. The average Bonchev–Trinajstić information content (AvgIpc) is 3.13. The fourth-order valence-electron chi connectivity index (χ4n) is 5.79. The molecule has 0 N–H and O–H groups in total. The van der Waals surface area contributed by atoms with Gasteiger partial charge in [-0.2, -0.15) is 0 Å². The minimum atomic E-state index is 0.109. The van der Waals surface area contributed by atoms with E-state index in [1.807, 2.05) is 0 Å². The molecule has 0 unspecified atom stereocenters. The molecule has 0 fully saturated rings. The molecule has 0 nitrogen and oxygen atoms in total. The Morgan fingerprint density at radius 3 is 1.12 bits per heavy atom. The number of hydrogen-bond donors (Lipinski definition) is 0. The highest BCUT2D eigenvalue weighted by Gasteiger charge is 2.48. The largest absolute Gasteiger partial charge is 0.0654 e. The van der Waals surface area contributed by atoms with E-state index < -0.39 is 0 Å². The van der Waals surface area contributed by atoms with Gasteiger partial charge in [-0.1, -0.05) is 117 Å². The first kappa shape index (κ1) is 27.2. The number of allylic oxidation sites excluding steroid dienone is 2. The van der Waals surface area contributed by atoms with Crippen LogP contribution in [0.5, 0.6) is 0 Å². The third-order valence-corrected chi connectivity index (χ3v) is 12.7. The van der Waals surface area contributed by atoms with E-state index in [1.165, 1.54) is 106 Å². The molecule has 0 aliphatic heterocycles. The first-order chi connectivity index (χ1) is 15.3. The van der Waals surface area contributed by atoms with Crippen molar-refractivity contribution < 1.29 is 0 Å². The Labute approximate surface area is 230 Å². The smallest absolute Gasteiger partial charge is 0.0361 e. The summed E-state index contributed by atoms with van der Waals surface area (Å²) in [6, 6.07) is 5.10. The van der Waals surface area contributed by atoms with Crippen molar-refractivity contribution in [3.05, 3.63) is 43.4 Å². The third kappa shape index (κ3) is 4.58. The molecule has 2 aliphatic carbocycles. The predicted molar refractivity (Wildman–Crippen MR) is 157 cm³/mol. The number of fused-ring (bicyclic) bond motifs is 2. The molecular formula is C28H38Br4. The van der Waals surface area contributed by atoms with Gasteiger partial charge in [0.2, 0.25) is 0 Å². The highest BCUT2D eigenvalue weighted by atomic mass is 79.9. The lowest BCUT2D eigenvalue weighted by Gasteiger charge is -2.36. The topological polar surface area (TPSA) is 0 Å². The Balaban J connectivity index is 2.23. The summed E-state index contributed by atoms with van der Waals surface area (Å²) in [7, 11) is 0. The number of halogens is 4. The molecule has 4 heteroatoms. The molecule has 0 bridgehead atoms.